The van der Waals surface area contributed by atoms with Crippen molar-refractivity contribution in [1.29, 1.82) is 0 Å². The van der Waals surface area contributed by atoms with Crippen LogP contribution in [0.2, 0.25) is 0 Å². The van der Waals surface area contributed by atoms with Gasteiger partial charge < -0.3 is 0 Å². The molecule has 0 unspecified atom stereocenters. The normalized spacial score (nSPS) is 13.1. The molecule has 0 aromatic heterocycles. The van der Waals surface area contributed by atoms with Crippen molar-refractivity contribution < 1.29 is 0 Å². The van der Waals surface area contributed by atoms with Gasteiger partial charge in [0.1, 0.15) is 0 Å². The van der Waals surface area contributed by atoms with E-state index in [1.807, 2.05) is 6.92 Å². The molecule has 0 aromatic rings. The fourth-order valence-corrected chi connectivity index (χ4v) is 0. The Bertz CT molecular complexity index is 75.3. The third kappa shape index (κ3) is 17.9. The van der Waals surface area contributed by atoms with Gasteiger partial charge in [-0.1, -0.05) is 44.1 Å². The molecular formula is C8H14. The molecule has 0 aliphatic heterocycles. The maximum atomic E-state index is 3.56. The lowest BCUT2D eigenvalue weighted by molar-refractivity contribution is 1.50. The first-order chi connectivity index (χ1) is 3.77. The summed E-state index contributed by atoms with van der Waals surface area (Å²) in [6.07, 6.45) is 6.22. The van der Waals surface area contributed by atoms with Crippen LogP contribution in [0.15, 0.2) is 24.8 Å². The second-order valence-corrected chi connectivity index (χ2v) is 2.11. The van der Waals surface area contributed by atoms with E-state index < -0.39 is 0 Å². The molecule has 0 heteroatoms. The van der Waals surface area contributed by atoms with E-state index in [9.17, 15) is 0 Å². The van der Waals surface area contributed by atoms with Gasteiger partial charge in [-0.2, -0.15) is 0 Å². The standard InChI is InChI=1S/C5H8.C3H6/c1-4-5(2)3;1-2-3-1/h4H,1-2H2,3H3;1-3H2. The van der Waals surface area contributed by atoms with Crippen molar-refractivity contribution in [2.45, 2.75) is 26.2 Å². The van der Waals surface area contributed by atoms with Crippen molar-refractivity contribution in [1.82, 2.24) is 0 Å². The Labute approximate surface area is 51.9 Å². The second-order valence-electron chi connectivity index (χ2n) is 2.11. The fraction of sp³-hybridized carbons (Fsp3) is 0.500. The summed E-state index contributed by atoms with van der Waals surface area (Å²) in [5.74, 6) is 0. The third-order valence-corrected chi connectivity index (χ3v) is 0.702. The Balaban J connectivity index is 0.000000135. The zero-order chi connectivity index (χ0) is 6.41. The molecule has 0 nitrogen and oxygen atoms in total. The van der Waals surface area contributed by atoms with Crippen LogP contribution in [0.4, 0.5) is 0 Å². The van der Waals surface area contributed by atoms with Gasteiger partial charge in [0.15, 0.2) is 0 Å². The zero-order valence-electron chi connectivity index (χ0n) is 5.61. The molecule has 46 valence electrons. The third-order valence-electron chi connectivity index (χ3n) is 0.702. The van der Waals surface area contributed by atoms with Gasteiger partial charge in [-0.3, -0.25) is 0 Å². The van der Waals surface area contributed by atoms with Gasteiger partial charge >= 0.3 is 0 Å². The smallest absolute Gasteiger partial charge is 0.0404 e. The first-order valence-electron chi connectivity index (χ1n) is 3.05. The number of allylic oxidation sites excluding steroid dienone is 2. The molecule has 0 atom stereocenters. The molecule has 1 aliphatic rings. The minimum Gasteiger partial charge on any atom is -0.0988 e. The van der Waals surface area contributed by atoms with Crippen LogP contribution in [0.1, 0.15) is 26.2 Å². The zero-order valence-corrected chi connectivity index (χ0v) is 5.61. The summed E-state index contributed by atoms with van der Waals surface area (Å²) in [5, 5.41) is 0. The topological polar surface area (TPSA) is 0 Å². The Kier molecular flexibility index (Phi) is 4.33. The molecule has 0 heterocycles. The number of hydrogen-bond donors (Lipinski definition) is 0. The molecule has 8 heavy (non-hydrogen) atoms. The van der Waals surface area contributed by atoms with Crippen LogP contribution in [0, 0.1) is 0 Å². The number of rotatable bonds is 1. The van der Waals surface area contributed by atoms with Gasteiger partial charge in [-0.15, -0.1) is 0 Å². The van der Waals surface area contributed by atoms with E-state index in [2.05, 4.69) is 13.2 Å². The van der Waals surface area contributed by atoms with Crippen LogP contribution >= 0.6 is 0 Å². The monoisotopic (exact) mass is 110 g/mol. The number of hydrogen-bond acceptors (Lipinski definition) is 0. The maximum absolute atomic E-state index is 3.56. The average molecular weight is 110 g/mol. The van der Waals surface area contributed by atoms with Crippen LogP contribution in [0.3, 0.4) is 0 Å². The largest absolute Gasteiger partial charge is 0.0988 e. The highest BCUT2D eigenvalue weighted by molar-refractivity contribution is 5.05. The van der Waals surface area contributed by atoms with Crippen LogP contribution < -0.4 is 0 Å². The van der Waals surface area contributed by atoms with E-state index in [1.165, 1.54) is 19.3 Å². The van der Waals surface area contributed by atoms with Crippen molar-refractivity contribution in [3.8, 4) is 0 Å². The summed E-state index contributed by atoms with van der Waals surface area (Å²) in [7, 11) is 0. The molecular weight excluding hydrogens is 96.1 g/mol. The van der Waals surface area contributed by atoms with Crippen molar-refractivity contribution in [3.63, 3.8) is 0 Å². The fourth-order valence-electron chi connectivity index (χ4n) is 0. The van der Waals surface area contributed by atoms with E-state index in [1.54, 1.807) is 6.08 Å². The Morgan fingerprint density at radius 1 is 1.38 bits per heavy atom. The molecule has 1 saturated carbocycles. The SMILES string of the molecule is C1CC1.C=CC(=C)C. The lowest BCUT2D eigenvalue weighted by Gasteiger charge is -1.71. The maximum Gasteiger partial charge on any atom is -0.0404 e. The minimum atomic E-state index is 1.02. The van der Waals surface area contributed by atoms with E-state index >= 15 is 0 Å². The van der Waals surface area contributed by atoms with E-state index in [0.29, 0.717) is 0 Å². The van der Waals surface area contributed by atoms with Gasteiger partial charge in [0.25, 0.3) is 0 Å². The van der Waals surface area contributed by atoms with E-state index in [4.69, 9.17) is 0 Å². The minimum absolute atomic E-state index is 1.02. The van der Waals surface area contributed by atoms with Crippen molar-refractivity contribution in [3.05, 3.63) is 24.8 Å². The molecule has 1 fully saturated rings. The predicted octanol–water partition coefficient (Wildman–Crippen LogP) is 2.92. The Morgan fingerprint density at radius 2 is 1.62 bits per heavy atom. The molecule has 0 spiro atoms. The summed E-state index contributed by atoms with van der Waals surface area (Å²) in [5.41, 5.74) is 1.02. The van der Waals surface area contributed by atoms with Crippen molar-refractivity contribution in [2.75, 3.05) is 0 Å². The van der Waals surface area contributed by atoms with Gasteiger partial charge in [0.05, 0.1) is 0 Å². The summed E-state index contributed by atoms with van der Waals surface area (Å²) in [6, 6.07) is 0. The lowest BCUT2D eigenvalue weighted by Crippen LogP contribution is -1.50. The first-order valence-corrected chi connectivity index (χ1v) is 3.05. The summed E-state index contributed by atoms with van der Waals surface area (Å²) >= 11 is 0. The van der Waals surface area contributed by atoms with Crippen molar-refractivity contribution in [2.24, 2.45) is 0 Å². The summed E-state index contributed by atoms with van der Waals surface area (Å²) in [4.78, 5) is 0. The van der Waals surface area contributed by atoms with Gasteiger partial charge in [0, 0.05) is 0 Å². The highest BCUT2D eigenvalue weighted by Gasteiger charge is 1.95. The van der Waals surface area contributed by atoms with E-state index in [0.717, 1.165) is 5.57 Å². The van der Waals surface area contributed by atoms with Gasteiger partial charge in [-0.25, -0.2) is 0 Å². The van der Waals surface area contributed by atoms with Gasteiger partial charge in [0.2, 0.25) is 0 Å². The van der Waals surface area contributed by atoms with Crippen LogP contribution in [-0.2, 0) is 0 Å². The average Bonchev–Trinajstić information content (AvgIpc) is 2.48. The first kappa shape index (κ1) is 7.48. The van der Waals surface area contributed by atoms with Crippen LogP contribution in [0.5, 0.6) is 0 Å². The molecule has 0 saturated heterocycles. The van der Waals surface area contributed by atoms with Gasteiger partial charge in [-0.05, 0) is 6.92 Å². The quantitative estimate of drug-likeness (QED) is 0.455. The molecule has 0 N–H and O–H groups in total. The molecule has 0 amide bonds. The predicted molar refractivity (Wildman–Crippen MR) is 38.9 cm³/mol. The van der Waals surface area contributed by atoms with Crippen molar-refractivity contribution >= 4 is 0 Å². The van der Waals surface area contributed by atoms with E-state index in [-0.39, 0.29) is 0 Å². The highest BCUT2D eigenvalue weighted by Crippen LogP contribution is 2.14. The molecule has 0 bridgehead atoms. The Morgan fingerprint density at radius 3 is 1.62 bits per heavy atom. The second kappa shape index (κ2) is 4.63. The molecule has 0 aromatic carbocycles. The summed E-state index contributed by atoms with van der Waals surface area (Å²) < 4.78 is 0. The lowest BCUT2D eigenvalue weighted by atomic mass is 10.4. The molecule has 1 aliphatic carbocycles. The van der Waals surface area contributed by atoms with Crippen LogP contribution in [-0.4, -0.2) is 0 Å². The highest BCUT2D eigenvalue weighted by atomic mass is 14.0. The molecule has 1 rings (SSSR count). The Hall–Kier alpha value is -0.520. The van der Waals surface area contributed by atoms with Crippen LogP contribution in [0.25, 0.3) is 0 Å². The molecule has 0 radical (unpaired) electrons. The summed E-state index contributed by atoms with van der Waals surface area (Å²) in [6.45, 7) is 8.93.